The molecule has 0 saturated carbocycles. The first-order chi connectivity index (χ1) is 11.7. The molecule has 4 nitrogen and oxygen atoms in total. The van der Waals surface area contributed by atoms with E-state index in [1.807, 2.05) is 6.07 Å². The van der Waals surface area contributed by atoms with Crippen molar-refractivity contribution in [2.75, 3.05) is 26.9 Å². The largest absolute Gasteiger partial charge is 0.454 e. The van der Waals surface area contributed by atoms with Crippen LogP contribution < -0.4 is 14.8 Å². The molecule has 4 heteroatoms. The fourth-order valence-corrected chi connectivity index (χ4v) is 2.94. The summed E-state index contributed by atoms with van der Waals surface area (Å²) in [6.07, 6.45) is 1.12. The van der Waals surface area contributed by atoms with Crippen molar-refractivity contribution in [2.24, 2.45) is 0 Å². The summed E-state index contributed by atoms with van der Waals surface area (Å²) in [7, 11) is 2.17. The second-order valence-electron chi connectivity index (χ2n) is 6.37. The molecule has 0 fully saturated rings. The number of benzene rings is 2. The molecule has 1 aliphatic heterocycles. The molecule has 1 heterocycles. The molecule has 3 rings (SSSR count). The molecule has 1 atom stereocenters. The van der Waals surface area contributed by atoms with E-state index in [9.17, 15) is 0 Å². The first kappa shape index (κ1) is 16.8. The van der Waals surface area contributed by atoms with Crippen LogP contribution in [0.25, 0.3) is 0 Å². The molecule has 0 radical (unpaired) electrons. The molecule has 0 saturated heterocycles. The number of ether oxygens (including phenoxy) is 2. The Bertz CT molecular complexity index is 645. The lowest BCUT2D eigenvalue weighted by Gasteiger charge is -2.18. The predicted molar refractivity (Wildman–Crippen MR) is 96.4 cm³/mol. The zero-order valence-electron chi connectivity index (χ0n) is 14.5. The molecule has 24 heavy (non-hydrogen) atoms. The third kappa shape index (κ3) is 4.49. The van der Waals surface area contributed by atoms with Gasteiger partial charge >= 0.3 is 0 Å². The molecular weight excluding hydrogens is 300 g/mol. The van der Waals surface area contributed by atoms with Gasteiger partial charge in [0.1, 0.15) is 0 Å². The highest BCUT2D eigenvalue weighted by Crippen LogP contribution is 2.34. The molecule has 1 aliphatic rings. The highest BCUT2D eigenvalue weighted by atomic mass is 16.7. The third-order valence-electron chi connectivity index (χ3n) is 4.36. The van der Waals surface area contributed by atoms with Crippen molar-refractivity contribution < 1.29 is 9.47 Å². The molecular formula is C20H26N2O2. The molecule has 2 aromatic rings. The van der Waals surface area contributed by atoms with Crippen molar-refractivity contribution in [3.8, 4) is 11.5 Å². The van der Waals surface area contributed by atoms with Gasteiger partial charge in [-0.15, -0.1) is 0 Å². The number of nitrogens with zero attached hydrogens (tertiary/aromatic N) is 1. The Labute approximate surface area is 144 Å². The second kappa shape index (κ2) is 8.18. The van der Waals surface area contributed by atoms with Crippen LogP contribution in [0.5, 0.6) is 11.5 Å². The number of rotatable bonds is 8. The summed E-state index contributed by atoms with van der Waals surface area (Å²) < 4.78 is 10.8. The Morgan fingerprint density at radius 2 is 1.88 bits per heavy atom. The minimum absolute atomic E-state index is 0.305. The summed E-state index contributed by atoms with van der Waals surface area (Å²) in [4.78, 5) is 2.36. The molecule has 1 N–H and O–H groups in total. The Kier molecular flexibility index (Phi) is 5.72. The maximum absolute atomic E-state index is 5.45. The zero-order chi connectivity index (χ0) is 16.8. The first-order valence-corrected chi connectivity index (χ1v) is 8.58. The quantitative estimate of drug-likeness (QED) is 0.752. The van der Waals surface area contributed by atoms with E-state index < -0.39 is 0 Å². The van der Waals surface area contributed by atoms with Gasteiger partial charge < -0.3 is 19.7 Å². The molecule has 2 aromatic carbocycles. The normalized spacial score (nSPS) is 14.1. The third-order valence-corrected chi connectivity index (χ3v) is 4.36. The van der Waals surface area contributed by atoms with E-state index in [0.717, 1.165) is 37.6 Å². The summed E-state index contributed by atoms with van der Waals surface area (Å²) in [5.41, 5.74) is 2.60. The lowest BCUT2D eigenvalue weighted by atomic mass is 10.1. The number of hydrogen-bond acceptors (Lipinski definition) is 4. The Hall–Kier alpha value is -2.04. The predicted octanol–water partition coefficient (Wildman–Crippen LogP) is 3.59. The molecule has 0 aromatic heterocycles. The van der Waals surface area contributed by atoms with Gasteiger partial charge in [0, 0.05) is 12.6 Å². The van der Waals surface area contributed by atoms with Gasteiger partial charge in [0.2, 0.25) is 6.79 Å². The van der Waals surface area contributed by atoms with Crippen LogP contribution in [0, 0.1) is 0 Å². The topological polar surface area (TPSA) is 33.7 Å². The lowest BCUT2D eigenvalue weighted by molar-refractivity contribution is 0.174. The SMILES string of the molecule is CC(NCCCN(C)Cc1ccccc1)c1ccc2c(c1)OCO2. The van der Waals surface area contributed by atoms with E-state index in [0.29, 0.717) is 12.8 Å². The van der Waals surface area contributed by atoms with Gasteiger partial charge in [0.15, 0.2) is 11.5 Å². The summed E-state index contributed by atoms with van der Waals surface area (Å²) >= 11 is 0. The van der Waals surface area contributed by atoms with E-state index in [1.54, 1.807) is 0 Å². The van der Waals surface area contributed by atoms with Crippen LogP contribution in [0.3, 0.4) is 0 Å². The van der Waals surface area contributed by atoms with Crippen molar-refractivity contribution in [2.45, 2.75) is 25.9 Å². The summed E-state index contributed by atoms with van der Waals surface area (Å²) in [5.74, 6) is 1.69. The van der Waals surface area contributed by atoms with Gasteiger partial charge in [-0.3, -0.25) is 0 Å². The first-order valence-electron chi connectivity index (χ1n) is 8.58. The van der Waals surface area contributed by atoms with E-state index in [1.165, 1.54) is 11.1 Å². The second-order valence-corrected chi connectivity index (χ2v) is 6.37. The van der Waals surface area contributed by atoms with Gasteiger partial charge in [-0.1, -0.05) is 36.4 Å². The fraction of sp³-hybridized carbons (Fsp3) is 0.400. The molecule has 0 spiro atoms. The van der Waals surface area contributed by atoms with Crippen LogP contribution in [-0.4, -0.2) is 31.8 Å². The van der Waals surface area contributed by atoms with Crippen LogP contribution in [0.2, 0.25) is 0 Å². The van der Waals surface area contributed by atoms with E-state index in [-0.39, 0.29) is 0 Å². The molecule has 1 unspecified atom stereocenters. The molecule has 0 amide bonds. The summed E-state index contributed by atoms with van der Waals surface area (Å²) in [6.45, 7) is 5.59. The minimum Gasteiger partial charge on any atom is -0.454 e. The van der Waals surface area contributed by atoms with Crippen molar-refractivity contribution in [1.82, 2.24) is 10.2 Å². The molecule has 128 valence electrons. The average Bonchev–Trinajstić information content (AvgIpc) is 3.07. The van der Waals surface area contributed by atoms with E-state index in [2.05, 4.69) is 66.7 Å². The Morgan fingerprint density at radius 3 is 2.71 bits per heavy atom. The van der Waals surface area contributed by atoms with Crippen LogP contribution in [0.15, 0.2) is 48.5 Å². The van der Waals surface area contributed by atoms with Crippen molar-refractivity contribution in [1.29, 1.82) is 0 Å². The van der Waals surface area contributed by atoms with Gasteiger partial charge in [-0.25, -0.2) is 0 Å². The lowest BCUT2D eigenvalue weighted by Crippen LogP contribution is -2.25. The van der Waals surface area contributed by atoms with Crippen molar-refractivity contribution >= 4 is 0 Å². The number of fused-ring (bicyclic) bond motifs is 1. The standard InChI is InChI=1S/C20H26N2O2/c1-16(18-9-10-19-20(13-18)24-15-23-19)21-11-6-12-22(2)14-17-7-4-3-5-8-17/h3-5,7-10,13,16,21H,6,11-12,14-15H2,1-2H3. The number of nitrogens with one attached hydrogen (secondary N) is 1. The Morgan fingerprint density at radius 1 is 1.08 bits per heavy atom. The van der Waals surface area contributed by atoms with Crippen LogP contribution in [-0.2, 0) is 6.54 Å². The average molecular weight is 326 g/mol. The van der Waals surface area contributed by atoms with Gasteiger partial charge in [0.05, 0.1) is 0 Å². The van der Waals surface area contributed by atoms with Crippen LogP contribution in [0.1, 0.15) is 30.5 Å². The Balaban J connectivity index is 1.38. The maximum atomic E-state index is 5.45. The molecule has 0 bridgehead atoms. The van der Waals surface area contributed by atoms with Crippen molar-refractivity contribution in [3.05, 3.63) is 59.7 Å². The maximum Gasteiger partial charge on any atom is 0.231 e. The van der Waals surface area contributed by atoms with E-state index >= 15 is 0 Å². The monoisotopic (exact) mass is 326 g/mol. The van der Waals surface area contributed by atoms with Crippen molar-refractivity contribution in [3.63, 3.8) is 0 Å². The molecule has 0 aliphatic carbocycles. The smallest absolute Gasteiger partial charge is 0.231 e. The van der Waals surface area contributed by atoms with Crippen LogP contribution in [0.4, 0.5) is 0 Å². The number of hydrogen-bond donors (Lipinski definition) is 1. The summed E-state index contributed by atoms with van der Waals surface area (Å²) in [5, 5.41) is 3.59. The highest BCUT2D eigenvalue weighted by molar-refractivity contribution is 5.45. The van der Waals surface area contributed by atoms with Gasteiger partial charge in [-0.05, 0) is 56.7 Å². The van der Waals surface area contributed by atoms with Gasteiger partial charge in [-0.2, -0.15) is 0 Å². The van der Waals surface area contributed by atoms with Gasteiger partial charge in [0.25, 0.3) is 0 Å². The fourth-order valence-electron chi connectivity index (χ4n) is 2.94. The minimum atomic E-state index is 0.305. The van der Waals surface area contributed by atoms with Crippen LogP contribution >= 0.6 is 0 Å². The zero-order valence-corrected chi connectivity index (χ0v) is 14.5. The highest BCUT2D eigenvalue weighted by Gasteiger charge is 2.15. The summed E-state index contributed by atoms with van der Waals surface area (Å²) in [6, 6.07) is 17.1. The van der Waals surface area contributed by atoms with E-state index in [4.69, 9.17) is 9.47 Å².